The van der Waals surface area contributed by atoms with Gasteiger partial charge in [0, 0.05) is 13.1 Å². The van der Waals surface area contributed by atoms with Crippen molar-refractivity contribution in [1.82, 2.24) is 10.2 Å². The highest BCUT2D eigenvalue weighted by molar-refractivity contribution is 5.82. The predicted octanol–water partition coefficient (Wildman–Crippen LogP) is 0.0175. The molecular formula is C10H18N2O4. The number of carboxylic acids is 1. The zero-order valence-corrected chi connectivity index (χ0v) is 9.19. The molecule has 1 aliphatic heterocycles. The van der Waals surface area contributed by atoms with Gasteiger partial charge >= 0.3 is 12.0 Å². The predicted molar refractivity (Wildman–Crippen MR) is 57.1 cm³/mol. The molecule has 0 bridgehead atoms. The van der Waals surface area contributed by atoms with Crippen molar-refractivity contribution in [2.45, 2.75) is 31.7 Å². The maximum atomic E-state index is 11.7. The molecule has 1 saturated heterocycles. The smallest absolute Gasteiger partial charge is 0.328 e. The number of hydrogen-bond acceptors (Lipinski definition) is 3. The number of aliphatic hydroxyl groups is 1. The number of nitrogens with zero attached hydrogens (tertiary/aromatic N) is 1. The number of nitrogens with one attached hydrogen (secondary N) is 1. The monoisotopic (exact) mass is 230 g/mol. The van der Waals surface area contributed by atoms with Gasteiger partial charge in [-0.25, -0.2) is 9.59 Å². The fraction of sp³-hybridized carbons (Fsp3) is 0.800. The van der Waals surface area contributed by atoms with Gasteiger partial charge in [0.25, 0.3) is 0 Å². The van der Waals surface area contributed by atoms with Gasteiger partial charge in [-0.2, -0.15) is 0 Å². The number of amides is 2. The summed E-state index contributed by atoms with van der Waals surface area (Å²) in [6.07, 6.45) is 4.10. The van der Waals surface area contributed by atoms with Gasteiger partial charge in [0.2, 0.25) is 0 Å². The Kier molecular flexibility index (Phi) is 5.04. The summed E-state index contributed by atoms with van der Waals surface area (Å²) >= 11 is 0. The lowest BCUT2D eigenvalue weighted by molar-refractivity contribution is -0.140. The third-order valence-electron chi connectivity index (χ3n) is 2.67. The Morgan fingerprint density at radius 3 is 2.19 bits per heavy atom. The van der Waals surface area contributed by atoms with Crippen molar-refractivity contribution in [2.24, 2.45) is 0 Å². The SMILES string of the molecule is O=C(O)[C@@H](CO)NC(=O)N1CCCCCC1. The number of carbonyl (C=O) groups excluding carboxylic acids is 1. The average Bonchev–Trinajstić information content (AvgIpc) is 2.53. The number of hydrogen-bond donors (Lipinski definition) is 3. The molecule has 1 heterocycles. The van der Waals surface area contributed by atoms with Gasteiger partial charge in [0.05, 0.1) is 6.61 Å². The van der Waals surface area contributed by atoms with E-state index in [-0.39, 0.29) is 0 Å². The molecule has 1 rings (SSSR count). The minimum absolute atomic E-state index is 0.400. The van der Waals surface area contributed by atoms with Crippen LogP contribution in [-0.2, 0) is 4.79 Å². The van der Waals surface area contributed by atoms with E-state index in [0.29, 0.717) is 13.1 Å². The summed E-state index contributed by atoms with van der Waals surface area (Å²) < 4.78 is 0. The van der Waals surface area contributed by atoms with Gasteiger partial charge in [-0.3, -0.25) is 0 Å². The second-order valence-corrected chi connectivity index (χ2v) is 3.92. The highest BCUT2D eigenvalue weighted by Gasteiger charge is 2.22. The average molecular weight is 230 g/mol. The van der Waals surface area contributed by atoms with Crippen LogP contribution < -0.4 is 5.32 Å². The molecular weight excluding hydrogens is 212 g/mol. The maximum Gasteiger partial charge on any atom is 0.328 e. The Bertz CT molecular complexity index is 249. The zero-order chi connectivity index (χ0) is 12.0. The molecule has 16 heavy (non-hydrogen) atoms. The quantitative estimate of drug-likeness (QED) is 0.637. The molecule has 1 atom stereocenters. The minimum Gasteiger partial charge on any atom is -0.480 e. The minimum atomic E-state index is -1.22. The summed E-state index contributed by atoms with van der Waals surface area (Å²) in [4.78, 5) is 23.9. The van der Waals surface area contributed by atoms with Crippen molar-refractivity contribution < 1.29 is 19.8 Å². The Morgan fingerprint density at radius 2 is 1.75 bits per heavy atom. The first-order valence-electron chi connectivity index (χ1n) is 5.54. The lowest BCUT2D eigenvalue weighted by atomic mass is 10.2. The first-order valence-corrected chi connectivity index (χ1v) is 5.54. The van der Waals surface area contributed by atoms with Crippen LogP contribution in [0.3, 0.4) is 0 Å². The molecule has 1 fully saturated rings. The fourth-order valence-corrected chi connectivity index (χ4v) is 1.70. The van der Waals surface area contributed by atoms with Crippen LogP contribution in [-0.4, -0.2) is 52.9 Å². The molecule has 6 nitrogen and oxygen atoms in total. The molecule has 0 spiro atoms. The van der Waals surface area contributed by atoms with E-state index in [9.17, 15) is 9.59 Å². The molecule has 1 aliphatic rings. The number of carbonyl (C=O) groups is 2. The van der Waals surface area contributed by atoms with Gasteiger partial charge in [-0.1, -0.05) is 12.8 Å². The Balaban J connectivity index is 2.46. The van der Waals surface area contributed by atoms with Crippen LogP contribution in [0.4, 0.5) is 4.79 Å². The van der Waals surface area contributed by atoms with Crippen molar-refractivity contribution >= 4 is 12.0 Å². The topological polar surface area (TPSA) is 89.9 Å². The third kappa shape index (κ3) is 3.69. The summed E-state index contributed by atoms with van der Waals surface area (Å²) in [6.45, 7) is 0.724. The number of aliphatic hydroxyl groups excluding tert-OH is 1. The third-order valence-corrected chi connectivity index (χ3v) is 2.67. The van der Waals surface area contributed by atoms with Gasteiger partial charge in [-0.05, 0) is 12.8 Å². The van der Waals surface area contributed by atoms with Gasteiger partial charge < -0.3 is 20.4 Å². The largest absolute Gasteiger partial charge is 0.480 e. The normalized spacial score (nSPS) is 18.7. The second kappa shape index (κ2) is 6.32. The van der Waals surface area contributed by atoms with E-state index in [4.69, 9.17) is 10.2 Å². The summed E-state index contributed by atoms with van der Waals surface area (Å²) in [6, 6.07) is -1.61. The Labute approximate surface area is 94.2 Å². The van der Waals surface area contributed by atoms with E-state index in [1.54, 1.807) is 4.90 Å². The van der Waals surface area contributed by atoms with E-state index in [1.165, 1.54) is 0 Å². The second-order valence-electron chi connectivity index (χ2n) is 3.92. The molecule has 92 valence electrons. The molecule has 0 aromatic heterocycles. The molecule has 0 aromatic carbocycles. The zero-order valence-electron chi connectivity index (χ0n) is 9.19. The van der Waals surface area contributed by atoms with Gasteiger partial charge in [0.15, 0.2) is 6.04 Å². The molecule has 2 amide bonds. The number of carboxylic acid groups (broad SMARTS) is 1. The van der Waals surface area contributed by atoms with Crippen LogP contribution in [0, 0.1) is 0 Å². The molecule has 0 radical (unpaired) electrons. The maximum absolute atomic E-state index is 11.7. The number of aliphatic carboxylic acids is 1. The molecule has 0 aromatic rings. The van der Waals surface area contributed by atoms with E-state index in [2.05, 4.69) is 5.32 Å². The van der Waals surface area contributed by atoms with Crippen molar-refractivity contribution in [1.29, 1.82) is 0 Å². The summed E-state index contributed by atoms with van der Waals surface area (Å²) in [7, 11) is 0. The van der Waals surface area contributed by atoms with E-state index >= 15 is 0 Å². The van der Waals surface area contributed by atoms with Crippen molar-refractivity contribution in [3.63, 3.8) is 0 Å². The number of rotatable bonds is 3. The van der Waals surface area contributed by atoms with Crippen molar-refractivity contribution in [2.75, 3.05) is 19.7 Å². The van der Waals surface area contributed by atoms with Crippen LogP contribution >= 0.6 is 0 Å². The van der Waals surface area contributed by atoms with Crippen LogP contribution in [0.5, 0.6) is 0 Å². The lowest BCUT2D eigenvalue weighted by Crippen LogP contribution is -2.49. The molecule has 0 aliphatic carbocycles. The van der Waals surface area contributed by atoms with Crippen LogP contribution in [0.2, 0.25) is 0 Å². The van der Waals surface area contributed by atoms with E-state index < -0.39 is 24.6 Å². The highest BCUT2D eigenvalue weighted by atomic mass is 16.4. The number of likely N-dealkylation sites (tertiary alicyclic amines) is 1. The van der Waals surface area contributed by atoms with E-state index in [1.807, 2.05) is 0 Å². The fourth-order valence-electron chi connectivity index (χ4n) is 1.70. The molecule has 0 saturated carbocycles. The van der Waals surface area contributed by atoms with Crippen molar-refractivity contribution in [3.05, 3.63) is 0 Å². The lowest BCUT2D eigenvalue weighted by Gasteiger charge is -2.22. The summed E-state index contributed by atoms with van der Waals surface area (Å²) in [5, 5.41) is 19.8. The van der Waals surface area contributed by atoms with Crippen molar-refractivity contribution in [3.8, 4) is 0 Å². The molecule has 6 heteroatoms. The van der Waals surface area contributed by atoms with Gasteiger partial charge in [0.1, 0.15) is 0 Å². The first kappa shape index (κ1) is 12.8. The Morgan fingerprint density at radius 1 is 1.19 bits per heavy atom. The summed E-state index contributed by atoms with van der Waals surface area (Å²) in [5.74, 6) is -1.22. The summed E-state index contributed by atoms with van der Waals surface area (Å²) in [5.41, 5.74) is 0. The van der Waals surface area contributed by atoms with Crippen LogP contribution in [0.25, 0.3) is 0 Å². The standard InChI is InChI=1S/C10H18N2O4/c13-7-8(9(14)15)11-10(16)12-5-3-1-2-4-6-12/h8,13H,1-7H2,(H,11,16)(H,14,15)/t8-/m1/s1. The van der Waals surface area contributed by atoms with Gasteiger partial charge in [-0.15, -0.1) is 0 Å². The molecule has 0 unspecified atom stereocenters. The van der Waals surface area contributed by atoms with Crippen LogP contribution in [0.1, 0.15) is 25.7 Å². The Hall–Kier alpha value is -1.30. The van der Waals surface area contributed by atoms with E-state index in [0.717, 1.165) is 25.7 Å². The van der Waals surface area contributed by atoms with Crippen LogP contribution in [0.15, 0.2) is 0 Å². The highest BCUT2D eigenvalue weighted by Crippen LogP contribution is 2.09. The first-order chi connectivity index (χ1) is 7.65. The number of urea groups is 1. The molecule has 3 N–H and O–H groups in total.